The first-order valence-electron chi connectivity index (χ1n) is 15.7. The van der Waals surface area contributed by atoms with Crippen molar-refractivity contribution < 1.29 is 19.1 Å². The number of allylic oxidation sites excluding steroid dienone is 2. The van der Waals surface area contributed by atoms with E-state index in [1.165, 1.54) is 23.3 Å². The van der Waals surface area contributed by atoms with Crippen molar-refractivity contribution in [2.75, 3.05) is 6.54 Å². The molecule has 0 spiro atoms. The van der Waals surface area contributed by atoms with Crippen LogP contribution in [0.15, 0.2) is 23.3 Å². The topological polar surface area (TPSA) is 87.5 Å². The van der Waals surface area contributed by atoms with Gasteiger partial charge in [0, 0.05) is 30.9 Å². The van der Waals surface area contributed by atoms with Crippen LogP contribution >= 0.6 is 0 Å². The number of nitrogens with zero attached hydrogens (tertiary/aromatic N) is 2. The van der Waals surface area contributed by atoms with E-state index in [-0.39, 0.29) is 58.9 Å². The fourth-order valence-electron chi connectivity index (χ4n) is 8.73. The van der Waals surface area contributed by atoms with Crippen LogP contribution in [0.3, 0.4) is 0 Å². The first kappa shape index (κ1) is 28.1. The number of carbonyl (C=O) groups excluding carboxylic acids is 3. The first-order chi connectivity index (χ1) is 18.8. The van der Waals surface area contributed by atoms with E-state index in [1.54, 1.807) is 6.08 Å². The normalized spacial score (nSPS) is 34.1. The van der Waals surface area contributed by atoms with Crippen LogP contribution < -0.4 is 0 Å². The van der Waals surface area contributed by atoms with Crippen LogP contribution in [0.5, 0.6) is 0 Å². The number of hydrogen-bond acceptors (Lipinski definition) is 5. The van der Waals surface area contributed by atoms with E-state index >= 15 is 0 Å². The zero-order valence-corrected chi connectivity index (χ0v) is 24.0. The fourth-order valence-corrected chi connectivity index (χ4v) is 8.73. The number of hydrogen-bond donors (Lipinski definition) is 0. The van der Waals surface area contributed by atoms with Gasteiger partial charge in [-0.15, -0.1) is 0 Å². The molecule has 39 heavy (non-hydrogen) atoms. The van der Waals surface area contributed by atoms with Gasteiger partial charge in [0.15, 0.2) is 0 Å². The lowest BCUT2D eigenvalue weighted by molar-refractivity contribution is -0.161. The van der Waals surface area contributed by atoms with Gasteiger partial charge in [-0.05, 0) is 81.6 Å². The maximum Gasteiger partial charge on any atom is 0.309 e. The van der Waals surface area contributed by atoms with Crippen molar-refractivity contribution in [3.63, 3.8) is 0 Å². The Hall–Kier alpha value is -2.42. The lowest BCUT2D eigenvalue weighted by Gasteiger charge is -2.54. The third kappa shape index (κ3) is 5.61. The molecule has 0 bridgehead atoms. The van der Waals surface area contributed by atoms with Crippen LogP contribution in [0.2, 0.25) is 0 Å². The van der Waals surface area contributed by atoms with Crippen molar-refractivity contribution in [3.8, 4) is 6.07 Å². The monoisotopic (exact) mass is 534 g/mol. The van der Waals surface area contributed by atoms with Crippen molar-refractivity contribution in [2.24, 2.45) is 35.0 Å². The van der Waals surface area contributed by atoms with Gasteiger partial charge < -0.3 is 4.74 Å². The second-order valence-corrected chi connectivity index (χ2v) is 13.2. The molecular formula is C33H46N2O4. The summed E-state index contributed by atoms with van der Waals surface area (Å²) in [6.07, 6.45) is 17.5. The molecule has 4 aliphatic carbocycles. The molecule has 3 fully saturated rings. The van der Waals surface area contributed by atoms with E-state index < -0.39 is 0 Å². The Labute approximate surface area is 234 Å². The number of carbonyl (C=O) groups is 3. The van der Waals surface area contributed by atoms with Crippen molar-refractivity contribution in [3.05, 3.63) is 23.3 Å². The van der Waals surface area contributed by atoms with Gasteiger partial charge >= 0.3 is 5.97 Å². The number of ether oxygens (including phenoxy) is 1. The van der Waals surface area contributed by atoms with Crippen LogP contribution in [0, 0.1) is 46.3 Å². The van der Waals surface area contributed by atoms with E-state index in [9.17, 15) is 19.6 Å². The highest BCUT2D eigenvalue weighted by molar-refractivity contribution is 6.02. The quantitative estimate of drug-likeness (QED) is 0.224. The molecule has 0 radical (unpaired) electrons. The zero-order chi connectivity index (χ0) is 27.6. The van der Waals surface area contributed by atoms with E-state index in [1.807, 2.05) is 0 Å². The standard InChI is InChI=1S/C33H46N2O4/c1-22-20-28(39-32(38)24-12-7-4-8-13-24)30-27(26(22)14-9-18-34)16-15-25-21-29(36)35(19-17-33(25,30)2)31(37)23-10-5-3-6-11-23/h20-21,23-24,26-28,30H,3-17,19H2,1-2H3/t26-,27+,28?,30-,33+/m1/s1. The highest BCUT2D eigenvalue weighted by Gasteiger charge is 2.54. The molecular weight excluding hydrogens is 488 g/mol. The molecule has 1 heterocycles. The molecule has 1 aliphatic heterocycles. The van der Waals surface area contributed by atoms with Crippen molar-refractivity contribution >= 4 is 17.8 Å². The zero-order valence-electron chi connectivity index (χ0n) is 24.0. The molecule has 0 N–H and O–H groups in total. The molecule has 5 rings (SSSR count). The van der Waals surface area contributed by atoms with E-state index in [2.05, 4.69) is 26.0 Å². The summed E-state index contributed by atoms with van der Waals surface area (Å²) in [7, 11) is 0. The third-order valence-corrected chi connectivity index (χ3v) is 11.0. The van der Waals surface area contributed by atoms with E-state index in [0.717, 1.165) is 76.2 Å². The van der Waals surface area contributed by atoms with Gasteiger partial charge in [-0.2, -0.15) is 5.26 Å². The summed E-state index contributed by atoms with van der Waals surface area (Å²) in [6, 6.07) is 2.34. The molecule has 5 aliphatic rings. The lowest BCUT2D eigenvalue weighted by Crippen LogP contribution is -2.51. The second-order valence-electron chi connectivity index (χ2n) is 13.2. The van der Waals surface area contributed by atoms with E-state index in [4.69, 9.17) is 4.74 Å². The number of rotatable bonds is 5. The minimum Gasteiger partial charge on any atom is -0.458 e. The predicted octanol–water partition coefficient (Wildman–Crippen LogP) is 6.66. The Morgan fingerprint density at radius 3 is 2.38 bits per heavy atom. The van der Waals surface area contributed by atoms with Gasteiger partial charge in [0.05, 0.1) is 12.0 Å². The molecule has 2 amide bonds. The molecule has 0 aromatic carbocycles. The molecule has 6 heteroatoms. The summed E-state index contributed by atoms with van der Waals surface area (Å²) < 4.78 is 6.40. The maximum absolute atomic E-state index is 13.5. The van der Waals surface area contributed by atoms with Crippen molar-refractivity contribution in [1.29, 1.82) is 5.26 Å². The summed E-state index contributed by atoms with van der Waals surface area (Å²) >= 11 is 0. The third-order valence-electron chi connectivity index (χ3n) is 11.0. The number of nitriles is 1. The summed E-state index contributed by atoms with van der Waals surface area (Å²) in [5.74, 6) is 0.298. The number of imide groups is 1. The molecule has 0 aromatic heterocycles. The SMILES string of the molecule is CC1=CC(OC(=O)C2CCCCC2)[C@H]2[C@@H](CCC3=CC(=O)N(C(=O)C4CCCCC4)CC[C@@]32C)[C@@H]1CCC#N. The van der Waals surface area contributed by atoms with Crippen LogP contribution in [0.25, 0.3) is 0 Å². The average molecular weight is 535 g/mol. The number of amides is 2. The predicted molar refractivity (Wildman–Crippen MR) is 149 cm³/mol. The fraction of sp³-hybridized carbons (Fsp3) is 0.758. The van der Waals surface area contributed by atoms with Gasteiger partial charge in [-0.1, -0.05) is 56.6 Å². The van der Waals surface area contributed by atoms with Crippen LogP contribution in [0.1, 0.15) is 110 Å². The summed E-state index contributed by atoms with van der Waals surface area (Å²) in [5.41, 5.74) is 1.99. The minimum absolute atomic E-state index is 0.00176. The van der Waals surface area contributed by atoms with Crippen molar-refractivity contribution in [2.45, 2.75) is 116 Å². The Balaban J connectivity index is 1.44. The molecule has 5 atom stereocenters. The molecule has 1 unspecified atom stereocenters. The van der Waals surface area contributed by atoms with Crippen LogP contribution in [-0.4, -0.2) is 35.3 Å². The molecule has 0 aromatic rings. The number of esters is 1. The van der Waals surface area contributed by atoms with Gasteiger partial charge in [0.1, 0.15) is 6.10 Å². The molecule has 0 saturated heterocycles. The maximum atomic E-state index is 13.5. The molecule has 6 nitrogen and oxygen atoms in total. The molecule has 3 saturated carbocycles. The van der Waals surface area contributed by atoms with Gasteiger partial charge in [-0.25, -0.2) is 0 Å². The van der Waals surface area contributed by atoms with Crippen LogP contribution in [0.4, 0.5) is 0 Å². The largest absolute Gasteiger partial charge is 0.458 e. The second kappa shape index (κ2) is 12.0. The lowest BCUT2D eigenvalue weighted by atomic mass is 9.51. The van der Waals surface area contributed by atoms with Gasteiger partial charge in [0.2, 0.25) is 5.91 Å². The van der Waals surface area contributed by atoms with E-state index in [0.29, 0.717) is 19.4 Å². The average Bonchev–Trinajstić information content (AvgIpc) is 3.08. The Morgan fingerprint density at radius 1 is 1.05 bits per heavy atom. The van der Waals surface area contributed by atoms with Gasteiger partial charge in [-0.3, -0.25) is 19.3 Å². The highest BCUT2D eigenvalue weighted by Crippen LogP contribution is 2.58. The smallest absolute Gasteiger partial charge is 0.309 e. The Bertz CT molecular complexity index is 1060. The Morgan fingerprint density at radius 2 is 1.72 bits per heavy atom. The van der Waals surface area contributed by atoms with Crippen molar-refractivity contribution in [1.82, 2.24) is 4.90 Å². The summed E-state index contributed by atoms with van der Waals surface area (Å²) in [6.45, 7) is 4.80. The molecule has 212 valence electrons. The van der Waals surface area contributed by atoms with Gasteiger partial charge in [0.25, 0.3) is 5.91 Å². The summed E-state index contributed by atoms with van der Waals surface area (Å²) in [4.78, 5) is 41.9. The minimum atomic E-state index is -0.347. The Kier molecular flexibility index (Phi) is 8.64. The van der Waals surface area contributed by atoms with Crippen LogP contribution in [-0.2, 0) is 19.1 Å². The number of fused-ring (bicyclic) bond motifs is 3. The highest BCUT2D eigenvalue weighted by atomic mass is 16.5. The summed E-state index contributed by atoms with van der Waals surface area (Å²) in [5, 5.41) is 9.36. The first-order valence-corrected chi connectivity index (χ1v) is 15.7.